The van der Waals surface area contributed by atoms with Crippen LogP contribution >= 0.6 is 0 Å². The quantitative estimate of drug-likeness (QED) is 0.466. The first-order chi connectivity index (χ1) is 14.1. The maximum absolute atomic E-state index is 10.5. The fourth-order valence-electron chi connectivity index (χ4n) is 1.89. The van der Waals surface area contributed by atoms with E-state index in [0.29, 0.717) is 0 Å². The van der Waals surface area contributed by atoms with Gasteiger partial charge in [-0.1, -0.05) is 48.5 Å². The summed E-state index contributed by atoms with van der Waals surface area (Å²) < 4.78 is 0. The summed E-state index contributed by atoms with van der Waals surface area (Å²) in [4.78, 5) is 30.6. The first-order valence-electron chi connectivity index (χ1n) is 8.11. The predicted octanol–water partition coefficient (Wildman–Crippen LogP) is 0.670. The Hall–Kier alpha value is -3.43. The van der Waals surface area contributed by atoms with E-state index in [0.717, 1.165) is 12.1 Å². The van der Waals surface area contributed by atoms with Crippen molar-refractivity contribution >= 4 is 17.9 Å². The molecule has 0 heterocycles. The molecule has 3 rings (SSSR count). The van der Waals surface area contributed by atoms with Gasteiger partial charge in [0.25, 0.3) is 0 Å². The van der Waals surface area contributed by atoms with Crippen molar-refractivity contribution in [1.82, 2.24) is 0 Å². The molecular weight excluding hydrogens is 485 g/mol. The summed E-state index contributed by atoms with van der Waals surface area (Å²) in [5.41, 5.74) is 0.0556. The fraction of sp³-hybridized carbons (Fsp3) is 0. The minimum atomic E-state index is -1.32. The second kappa shape index (κ2) is 13.7. The number of phenolic OH excluding ortho intramolecular Hbond substituents is 1. The van der Waals surface area contributed by atoms with E-state index in [-0.39, 0.29) is 66.6 Å². The van der Waals surface area contributed by atoms with Crippen molar-refractivity contribution in [1.29, 1.82) is 0 Å². The molecule has 3 N–H and O–H groups in total. The molecule has 0 unspecified atom stereocenters. The molecule has 0 aromatic heterocycles. The van der Waals surface area contributed by atoms with Gasteiger partial charge >= 0.3 is 44.6 Å². The van der Waals surface area contributed by atoms with Gasteiger partial charge in [0.05, 0.1) is 17.1 Å². The minimum absolute atomic E-state index is 0. The third-order valence-electron chi connectivity index (χ3n) is 3.24. The second-order valence-corrected chi connectivity index (χ2v) is 5.50. The fourth-order valence-corrected chi connectivity index (χ4v) is 1.89. The molecule has 0 atom stereocenters. The van der Waals surface area contributed by atoms with E-state index in [4.69, 9.17) is 15.3 Å². The largest absolute Gasteiger partial charge is 3.00 e. The number of carbonyl (C=O) groups is 3. The molecule has 0 radical (unpaired) electrons. The normalized spacial score (nSPS) is 8.90. The monoisotopic (exact) mass is 500 g/mol. The molecule has 0 bridgehead atoms. The van der Waals surface area contributed by atoms with Crippen LogP contribution in [0.5, 0.6) is 17.2 Å². The van der Waals surface area contributed by atoms with Gasteiger partial charge in [0.2, 0.25) is 0 Å². The van der Waals surface area contributed by atoms with Crippen LogP contribution in [0.4, 0.5) is 0 Å². The number of phenols is 1. The van der Waals surface area contributed by atoms with Gasteiger partial charge in [-0.05, 0) is 29.8 Å². The summed E-state index contributed by atoms with van der Waals surface area (Å²) in [6, 6.07) is 15.7. The number of hydrogen-bond donors (Lipinski definition) is 3. The number of carbonyl (C=O) groups excluding carboxylic acids is 1. The number of rotatable bonds is 3. The van der Waals surface area contributed by atoms with Gasteiger partial charge in [0, 0.05) is 0 Å². The van der Waals surface area contributed by atoms with Crippen molar-refractivity contribution in [3.63, 3.8) is 0 Å². The molecule has 3 aromatic carbocycles. The number of aromatic hydroxyl groups is 1. The van der Waals surface area contributed by atoms with E-state index >= 15 is 0 Å². The third-order valence-corrected chi connectivity index (χ3v) is 3.24. The van der Waals surface area contributed by atoms with Crippen molar-refractivity contribution in [2.24, 2.45) is 0 Å². The number of benzene rings is 3. The van der Waals surface area contributed by atoms with Crippen LogP contribution in [0, 0.1) is 0 Å². The maximum Gasteiger partial charge on any atom is 3.00 e. The molecule has 3 aromatic rings. The summed E-state index contributed by atoms with van der Waals surface area (Å²) in [7, 11) is 0. The summed E-state index contributed by atoms with van der Waals surface area (Å²) in [5.74, 6) is -4.05. The topological polar surface area (TPSA) is 181 Å². The SMILES string of the molecule is O=C(O)c1cccc(O)c1.O=C(O)c1cccc([O-])c1.O=C([O-])c1cccc([O-])c1.[Y+3]. The van der Waals surface area contributed by atoms with Crippen LogP contribution in [-0.4, -0.2) is 33.2 Å². The van der Waals surface area contributed by atoms with Crippen LogP contribution in [0.15, 0.2) is 72.8 Å². The minimum Gasteiger partial charge on any atom is -0.872 e. The van der Waals surface area contributed by atoms with Crippen molar-refractivity contribution in [3.05, 3.63) is 89.5 Å². The van der Waals surface area contributed by atoms with Crippen LogP contribution in [0.2, 0.25) is 0 Å². The molecule has 9 nitrogen and oxygen atoms in total. The van der Waals surface area contributed by atoms with Gasteiger partial charge < -0.3 is 35.4 Å². The second-order valence-electron chi connectivity index (χ2n) is 5.50. The molecule has 0 saturated carbocycles. The predicted molar refractivity (Wildman–Crippen MR) is 98.1 cm³/mol. The van der Waals surface area contributed by atoms with Crippen molar-refractivity contribution < 1.29 is 77.7 Å². The summed E-state index contributed by atoms with van der Waals surface area (Å²) in [6.45, 7) is 0. The van der Waals surface area contributed by atoms with E-state index in [9.17, 15) is 29.7 Å². The number of carboxylic acid groups (broad SMARTS) is 3. The van der Waals surface area contributed by atoms with Crippen LogP contribution in [0.3, 0.4) is 0 Å². The van der Waals surface area contributed by atoms with Gasteiger partial charge in [0.1, 0.15) is 5.75 Å². The summed E-state index contributed by atoms with van der Waals surface area (Å²) in [6.07, 6.45) is 0. The van der Waals surface area contributed by atoms with Crippen molar-refractivity contribution in [2.45, 2.75) is 0 Å². The number of aromatic carboxylic acids is 3. The Labute approximate surface area is 201 Å². The van der Waals surface area contributed by atoms with Gasteiger partial charge in [-0.25, -0.2) is 9.59 Å². The summed E-state index contributed by atoms with van der Waals surface area (Å²) >= 11 is 0. The zero-order valence-electron chi connectivity index (χ0n) is 15.8. The Kier molecular flexibility index (Phi) is 12.2. The standard InChI is InChI=1S/3C7H6O3.Y/c3*8-6-3-1-2-5(4-6)7(9)10;/h3*1-4,8H,(H,9,10);/q;;;+3/p-3. The van der Waals surface area contributed by atoms with Crippen LogP contribution in [-0.2, 0) is 32.7 Å². The van der Waals surface area contributed by atoms with Gasteiger partial charge in [-0.3, -0.25) is 0 Å². The average molecular weight is 500 g/mol. The summed E-state index contributed by atoms with van der Waals surface area (Å²) in [5, 5.41) is 56.7. The molecule has 0 fully saturated rings. The van der Waals surface area contributed by atoms with Gasteiger partial charge in [-0.15, -0.1) is 11.5 Å². The average Bonchev–Trinajstić information content (AvgIpc) is 2.69. The van der Waals surface area contributed by atoms with Crippen molar-refractivity contribution in [3.8, 4) is 17.2 Å². The molecule has 31 heavy (non-hydrogen) atoms. The molecule has 156 valence electrons. The first kappa shape index (κ1) is 27.6. The molecule has 0 saturated heterocycles. The molecule has 0 spiro atoms. The molecular formula is C21H15O9Y. The van der Waals surface area contributed by atoms with Crippen molar-refractivity contribution in [2.75, 3.05) is 0 Å². The molecule has 10 heteroatoms. The smallest absolute Gasteiger partial charge is 0.872 e. The number of carboxylic acids is 3. The Bertz CT molecular complexity index is 903. The zero-order chi connectivity index (χ0) is 22.7. The Balaban J connectivity index is 0.000000429. The van der Waals surface area contributed by atoms with E-state index in [2.05, 4.69) is 0 Å². The van der Waals surface area contributed by atoms with E-state index in [1.807, 2.05) is 0 Å². The van der Waals surface area contributed by atoms with Crippen LogP contribution in [0.1, 0.15) is 31.1 Å². The maximum atomic E-state index is 10.5. The van der Waals surface area contributed by atoms with E-state index in [1.165, 1.54) is 60.7 Å². The zero-order valence-corrected chi connectivity index (χ0v) is 18.6. The Morgan fingerprint density at radius 3 is 1.32 bits per heavy atom. The Morgan fingerprint density at radius 1 is 0.645 bits per heavy atom. The molecule has 0 aliphatic heterocycles. The molecule has 0 aliphatic rings. The van der Waals surface area contributed by atoms with Crippen LogP contribution < -0.4 is 15.3 Å². The Morgan fingerprint density at radius 2 is 1.03 bits per heavy atom. The van der Waals surface area contributed by atoms with E-state index in [1.54, 1.807) is 0 Å². The van der Waals surface area contributed by atoms with Gasteiger partial charge in [0.15, 0.2) is 0 Å². The van der Waals surface area contributed by atoms with Crippen LogP contribution in [0.25, 0.3) is 0 Å². The van der Waals surface area contributed by atoms with E-state index < -0.39 is 17.9 Å². The number of hydrogen-bond acceptors (Lipinski definition) is 7. The molecule has 0 amide bonds. The third kappa shape index (κ3) is 10.8. The van der Waals surface area contributed by atoms with Gasteiger partial charge in [-0.2, -0.15) is 0 Å². The molecule has 0 aliphatic carbocycles. The first-order valence-corrected chi connectivity index (χ1v) is 8.11.